The van der Waals surface area contributed by atoms with Gasteiger partial charge in [-0.05, 0) is 13.8 Å². The van der Waals surface area contributed by atoms with Gasteiger partial charge in [0.2, 0.25) is 0 Å². The van der Waals surface area contributed by atoms with Gasteiger partial charge in [0, 0.05) is 25.0 Å². The van der Waals surface area contributed by atoms with Gasteiger partial charge >= 0.3 is 0 Å². The second kappa shape index (κ2) is 6.87. The Bertz CT molecular complexity index is 552. The SMILES string of the molecule is COCc1cc(CSc2nnc(CN)n2C(C)C)no1. The van der Waals surface area contributed by atoms with E-state index in [-0.39, 0.29) is 6.04 Å². The third-order valence-corrected chi connectivity index (χ3v) is 3.65. The number of thioether (sulfide) groups is 1. The number of rotatable bonds is 7. The topological polar surface area (TPSA) is 92.0 Å². The molecule has 2 N–H and O–H groups in total. The first-order valence-electron chi connectivity index (χ1n) is 6.35. The largest absolute Gasteiger partial charge is 0.377 e. The average Bonchev–Trinajstić information content (AvgIpc) is 3.02. The lowest BCUT2D eigenvalue weighted by Crippen LogP contribution is -2.11. The highest BCUT2D eigenvalue weighted by Gasteiger charge is 2.15. The number of nitrogens with two attached hydrogens (primary N) is 1. The lowest BCUT2D eigenvalue weighted by Gasteiger charge is -2.12. The molecule has 110 valence electrons. The molecule has 7 nitrogen and oxygen atoms in total. The van der Waals surface area contributed by atoms with Crippen LogP contribution in [-0.2, 0) is 23.6 Å². The fraction of sp³-hybridized carbons (Fsp3) is 0.583. The summed E-state index contributed by atoms with van der Waals surface area (Å²) < 4.78 is 12.2. The summed E-state index contributed by atoms with van der Waals surface area (Å²) in [5.41, 5.74) is 6.53. The maximum absolute atomic E-state index is 5.67. The predicted molar refractivity (Wildman–Crippen MR) is 75.1 cm³/mol. The molecule has 2 aromatic heterocycles. The van der Waals surface area contributed by atoms with Crippen LogP contribution in [0.3, 0.4) is 0 Å². The van der Waals surface area contributed by atoms with Crippen LogP contribution in [0.2, 0.25) is 0 Å². The maximum Gasteiger partial charge on any atom is 0.191 e. The molecule has 20 heavy (non-hydrogen) atoms. The maximum atomic E-state index is 5.67. The Morgan fingerprint density at radius 1 is 1.45 bits per heavy atom. The minimum atomic E-state index is 0.271. The van der Waals surface area contributed by atoms with Crippen molar-refractivity contribution in [2.45, 2.75) is 44.0 Å². The van der Waals surface area contributed by atoms with Crippen LogP contribution in [0.15, 0.2) is 15.7 Å². The van der Waals surface area contributed by atoms with Crippen molar-refractivity contribution >= 4 is 11.8 Å². The van der Waals surface area contributed by atoms with Crippen molar-refractivity contribution in [2.24, 2.45) is 5.73 Å². The molecule has 0 spiro atoms. The van der Waals surface area contributed by atoms with Gasteiger partial charge in [-0.25, -0.2) is 0 Å². The van der Waals surface area contributed by atoms with E-state index < -0.39 is 0 Å². The van der Waals surface area contributed by atoms with E-state index in [1.807, 2.05) is 10.6 Å². The predicted octanol–water partition coefficient (Wildman–Crippen LogP) is 1.74. The Morgan fingerprint density at radius 3 is 2.90 bits per heavy atom. The first-order chi connectivity index (χ1) is 9.65. The van der Waals surface area contributed by atoms with E-state index in [4.69, 9.17) is 15.0 Å². The first kappa shape index (κ1) is 15.0. The average molecular weight is 297 g/mol. The van der Waals surface area contributed by atoms with Crippen LogP contribution in [0.5, 0.6) is 0 Å². The lowest BCUT2D eigenvalue weighted by atomic mass is 10.4. The van der Waals surface area contributed by atoms with Gasteiger partial charge in [0.15, 0.2) is 10.9 Å². The van der Waals surface area contributed by atoms with Crippen molar-refractivity contribution in [3.8, 4) is 0 Å². The van der Waals surface area contributed by atoms with E-state index in [2.05, 4.69) is 29.2 Å². The molecule has 0 bridgehead atoms. The molecule has 2 rings (SSSR count). The van der Waals surface area contributed by atoms with Crippen LogP contribution in [-0.4, -0.2) is 27.0 Å². The van der Waals surface area contributed by atoms with Crippen molar-refractivity contribution in [1.29, 1.82) is 0 Å². The highest BCUT2D eigenvalue weighted by Crippen LogP contribution is 2.24. The van der Waals surface area contributed by atoms with E-state index >= 15 is 0 Å². The smallest absolute Gasteiger partial charge is 0.191 e. The Balaban J connectivity index is 2.04. The number of nitrogens with zero attached hydrogens (tertiary/aromatic N) is 4. The molecule has 0 aliphatic rings. The zero-order valence-electron chi connectivity index (χ0n) is 11.9. The number of ether oxygens (including phenoxy) is 1. The monoisotopic (exact) mass is 297 g/mol. The van der Waals surface area contributed by atoms with Crippen LogP contribution >= 0.6 is 11.8 Å². The van der Waals surface area contributed by atoms with Crippen molar-refractivity contribution < 1.29 is 9.26 Å². The molecule has 0 aliphatic heterocycles. The summed E-state index contributed by atoms with van der Waals surface area (Å²) in [5, 5.41) is 13.1. The van der Waals surface area contributed by atoms with Crippen molar-refractivity contribution in [3.05, 3.63) is 23.3 Å². The van der Waals surface area contributed by atoms with Crippen molar-refractivity contribution in [3.63, 3.8) is 0 Å². The van der Waals surface area contributed by atoms with Gasteiger partial charge in [-0.1, -0.05) is 16.9 Å². The molecule has 0 aromatic carbocycles. The summed E-state index contributed by atoms with van der Waals surface area (Å²) in [7, 11) is 1.62. The quantitative estimate of drug-likeness (QED) is 0.778. The van der Waals surface area contributed by atoms with E-state index in [9.17, 15) is 0 Å². The summed E-state index contributed by atoms with van der Waals surface area (Å²) in [4.78, 5) is 0. The fourth-order valence-electron chi connectivity index (χ4n) is 1.84. The molecule has 2 heterocycles. The molecule has 0 unspecified atom stereocenters. The van der Waals surface area contributed by atoms with Crippen LogP contribution in [0.25, 0.3) is 0 Å². The molecule has 0 radical (unpaired) electrons. The molecule has 0 fully saturated rings. The van der Waals surface area contributed by atoms with Crippen molar-refractivity contribution in [1.82, 2.24) is 19.9 Å². The molecule has 8 heteroatoms. The molecule has 0 saturated heterocycles. The first-order valence-corrected chi connectivity index (χ1v) is 7.34. The minimum absolute atomic E-state index is 0.271. The highest BCUT2D eigenvalue weighted by molar-refractivity contribution is 7.98. The van der Waals surface area contributed by atoms with E-state index in [0.717, 1.165) is 22.4 Å². The summed E-state index contributed by atoms with van der Waals surface area (Å²) in [6, 6.07) is 2.16. The minimum Gasteiger partial charge on any atom is -0.377 e. The van der Waals surface area contributed by atoms with Crippen LogP contribution < -0.4 is 5.73 Å². The summed E-state index contributed by atoms with van der Waals surface area (Å²) in [6.07, 6.45) is 0. The summed E-state index contributed by atoms with van der Waals surface area (Å²) in [5.74, 6) is 2.18. The lowest BCUT2D eigenvalue weighted by molar-refractivity contribution is 0.156. The van der Waals surface area contributed by atoms with Gasteiger partial charge in [-0.2, -0.15) is 0 Å². The molecular weight excluding hydrogens is 278 g/mol. The van der Waals surface area contributed by atoms with Crippen molar-refractivity contribution in [2.75, 3.05) is 7.11 Å². The van der Waals surface area contributed by atoms with E-state index in [1.165, 1.54) is 0 Å². The zero-order valence-corrected chi connectivity index (χ0v) is 12.7. The second-order valence-electron chi connectivity index (χ2n) is 4.57. The molecular formula is C12H19N5O2S. The Hall–Kier alpha value is -1.38. The van der Waals surface area contributed by atoms with Gasteiger partial charge in [0.05, 0.1) is 12.2 Å². The van der Waals surface area contributed by atoms with Gasteiger partial charge in [0.25, 0.3) is 0 Å². The highest BCUT2D eigenvalue weighted by atomic mass is 32.2. The number of hydrogen-bond acceptors (Lipinski definition) is 7. The van der Waals surface area contributed by atoms with Gasteiger partial charge in [0.1, 0.15) is 12.4 Å². The molecule has 0 atom stereocenters. The Kier molecular flexibility index (Phi) is 5.16. The third kappa shape index (κ3) is 3.38. The van der Waals surface area contributed by atoms with E-state index in [1.54, 1.807) is 18.9 Å². The number of hydrogen-bond donors (Lipinski definition) is 1. The summed E-state index contributed by atoms with van der Waals surface area (Å²) in [6.45, 7) is 4.98. The zero-order chi connectivity index (χ0) is 14.5. The third-order valence-electron chi connectivity index (χ3n) is 2.68. The molecule has 0 amide bonds. The van der Waals surface area contributed by atoms with Crippen LogP contribution in [0.4, 0.5) is 0 Å². The normalized spacial score (nSPS) is 11.4. The summed E-state index contributed by atoms with van der Waals surface area (Å²) >= 11 is 1.57. The standard InChI is InChI=1S/C12H19N5O2S/c1-8(2)17-11(5-13)14-15-12(17)20-7-9-4-10(6-18-3)19-16-9/h4,8H,5-7,13H2,1-3H3. The van der Waals surface area contributed by atoms with Gasteiger partial charge in [-0.15, -0.1) is 10.2 Å². The molecule has 0 saturated carbocycles. The van der Waals surface area contributed by atoms with Crippen LogP contribution in [0.1, 0.15) is 37.2 Å². The van der Waals surface area contributed by atoms with E-state index in [0.29, 0.717) is 18.9 Å². The Labute approximate surface area is 121 Å². The van der Waals surface area contributed by atoms with Crippen LogP contribution in [0, 0.1) is 0 Å². The number of methoxy groups -OCH3 is 1. The molecule has 0 aliphatic carbocycles. The fourth-order valence-corrected chi connectivity index (χ4v) is 2.80. The Morgan fingerprint density at radius 2 is 2.25 bits per heavy atom. The van der Waals surface area contributed by atoms with Gasteiger partial charge in [-0.3, -0.25) is 0 Å². The molecule has 2 aromatic rings. The number of aromatic nitrogens is 4. The second-order valence-corrected chi connectivity index (χ2v) is 5.52. The van der Waals surface area contributed by atoms with Gasteiger partial charge < -0.3 is 19.6 Å².